The molecule has 148 valence electrons. The van der Waals surface area contributed by atoms with E-state index in [1.807, 2.05) is 44.3 Å². The van der Waals surface area contributed by atoms with E-state index in [4.69, 9.17) is 0 Å². The summed E-state index contributed by atoms with van der Waals surface area (Å²) in [6, 6.07) is 9.71. The number of likely N-dealkylation sites (tertiary alicyclic amines) is 1. The minimum Gasteiger partial charge on any atom is -0.348 e. The number of amides is 2. The molecule has 0 atom stereocenters. The van der Waals surface area contributed by atoms with Gasteiger partial charge >= 0.3 is 11.8 Å². The van der Waals surface area contributed by atoms with Crippen molar-refractivity contribution in [3.8, 4) is 0 Å². The van der Waals surface area contributed by atoms with E-state index in [0.717, 1.165) is 43.6 Å². The number of hydrogen-bond donors (Lipinski definition) is 2. The van der Waals surface area contributed by atoms with Crippen LogP contribution < -0.4 is 10.6 Å². The molecular formula is C22H28N4O2. The van der Waals surface area contributed by atoms with Gasteiger partial charge in [-0.25, -0.2) is 0 Å². The van der Waals surface area contributed by atoms with Crippen molar-refractivity contribution in [1.29, 1.82) is 0 Å². The number of carbonyl (C=O) groups excluding carboxylic acids is 2. The van der Waals surface area contributed by atoms with Gasteiger partial charge in [-0.05, 0) is 74.5 Å². The Labute approximate surface area is 166 Å². The number of hydrogen-bond acceptors (Lipinski definition) is 4. The number of carbonyl (C=O) groups is 2. The zero-order chi connectivity index (χ0) is 19.9. The zero-order valence-corrected chi connectivity index (χ0v) is 16.6. The maximum absolute atomic E-state index is 12.2. The number of aromatic nitrogens is 1. The first-order chi connectivity index (χ1) is 13.5. The molecule has 6 nitrogen and oxygen atoms in total. The number of aryl methyl sites for hydroxylation is 1. The van der Waals surface area contributed by atoms with Crippen LogP contribution in [0, 0.1) is 19.8 Å². The summed E-state index contributed by atoms with van der Waals surface area (Å²) in [4.78, 5) is 30.9. The Hall–Kier alpha value is -2.73. The normalized spacial score (nSPS) is 15.2. The lowest BCUT2D eigenvalue weighted by Crippen LogP contribution is -2.41. The predicted molar refractivity (Wildman–Crippen MR) is 110 cm³/mol. The standard InChI is InChI=1S/C22H28N4O2/c1-16-5-3-7-20(17(16)2)25-22(28)21(27)24-14-18-8-11-26(12-9-18)15-19-6-4-10-23-13-19/h3-7,10,13,18H,8-9,11-12,14-15H2,1-2H3,(H,24,27)(H,25,28). The van der Waals surface area contributed by atoms with Crippen LogP contribution in [-0.4, -0.2) is 41.3 Å². The van der Waals surface area contributed by atoms with Gasteiger partial charge in [0.1, 0.15) is 0 Å². The molecule has 1 fully saturated rings. The summed E-state index contributed by atoms with van der Waals surface area (Å²) in [5, 5.41) is 5.50. The van der Waals surface area contributed by atoms with Crippen LogP contribution in [0.25, 0.3) is 0 Å². The summed E-state index contributed by atoms with van der Waals surface area (Å²) in [6.07, 6.45) is 5.72. The van der Waals surface area contributed by atoms with Crippen LogP contribution in [0.2, 0.25) is 0 Å². The Bertz CT molecular complexity index is 815. The Morgan fingerprint density at radius 1 is 1.11 bits per heavy atom. The molecule has 28 heavy (non-hydrogen) atoms. The van der Waals surface area contributed by atoms with Gasteiger partial charge in [0.05, 0.1) is 0 Å². The maximum atomic E-state index is 12.2. The molecule has 2 N–H and O–H groups in total. The number of nitrogens with one attached hydrogen (secondary N) is 2. The van der Waals surface area contributed by atoms with Crippen LogP contribution in [0.15, 0.2) is 42.7 Å². The minimum absolute atomic E-state index is 0.405. The maximum Gasteiger partial charge on any atom is 0.313 e. The van der Waals surface area contributed by atoms with E-state index in [1.54, 1.807) is 6.20 Å². The second-order valence-electron chi connectivity index (χ2n) is 7.49. The van der Waals surface area contributed by atoms with Crippen molar-refractivity contribution in [2.24, 2.45) is 5.92 Å². The quantitative estimate of drug-likeness (QED) is 0.782. The number of pyridine rings is 1. The van der Waals surface area contributed by atoms with Gasteiger partial charge in [-0.2, -0.15) is 0 Å². The topological polar surface area (TPSA) is 74.3 Å². The van der Waals surface area contributed by atoms with Crippen LogP contribution in [0.1, 0.15) is 29.5 Å². The van der Waals surface area contributed by atoms with Crippen molar-refractivity contribution in [2.45, 2.75) is 33.2 Å². The summed E-state index contributed by atoms with van der Waals surface area (Å²) in [6.45, 7) is 7.34. The Morgan fingerprint density at radius 3 is 2.61 bits per heavy atom. The fraction of sp³-hybridized carbons (Fsp3) is 0.409. The van der Waals surface area contributed by atoms with E-state index in [-0.39, 0.29) is 0 Å². The molecule has 0 spiro atoms. The highest BCUT2D eigenvalue weighted by Crippen LogP contribution is 2.19. The molecular weight excluding hydrogens is 352 g/mol. The highest BCUT2D eigenvalue weighted by atomic mass is 16.2. The summed E-state index contributed by atoms with van der Waals surface area (Å²) in [5.74, 6) is -0.774. The molecule has 2 aromatic rings. The van der Waals surface area contributed by atoms with E-state index in [0.29, 0.717) is 18.2 Å². The highest BCUT2D eigenvalue weighted by molar-refractivity contribution is 6.39. The average molecular weight is 380 g/mol. The number of piperidine rings is 1. The molecule has 0 bridgehead atoms. The van der Waals surface area contributed by atoms with Gasteiger partial charge in [0, 0.05) is 31.2 Å². The van der Waals surface area contributed by atoms with Crippen LogP contribution in [0.4, 0.5) is 5.69 Å². The van der Waals surface area contributed by atoms with Crippen LogP contribution in [0.5, 0.6) is 0 Å². The molecule has 1 aliphatic heterocycles. The number of nitrogens with zero attached hydrogens (tertiary/aromatic N) is 2. The van der Waals surface area contributed by atoms with E-state index >= 15 is 0 Å². The zero-order valence-electron chi connectivity index (χ0n) is 16.6. The molecule has 0 saturated carbocycles. The van der Waals surface area contributed by atoms with Gasteiger partial charge in [0.2, 0.25) is 0 Å². The SMILES string of the molecule is Cc1cccc(NC(=O)C(=O)NCC2CCN(Cc3cccnc3)CC2)c1C. The molecule has 0 aliphatic carbocycles. The van der Waals surface area contributed by atoms with Crippen molar-refractivity contribution in [1.82, 2.24) is 15.2 Å². The van der Waals surface area contributed by atoms with Crippen molar-refractivity contribution in [3.63, 3.8) is 0 Å². The first-order valence-corrected chi connectivity index (χ1v) is 9.79. The van der Waals surface area contributed by atoms with E-state index in [9.17, 15) is 9.59 Å². The molecule has 6 heteroatoms. The minimum atomic E-state index is -0.609. The fourth-order valence-electron chi connectivity index (χ4n) is 3.48. The molecule has 2 heterocycles. The van der Waals surface area contributed by atoms with Gasteiger partial charge in [-0.3, -0.25) is 19.5 Å². The van der Waals surface area contributed by atoms with Crippen LogP contribution >= 0.6 is 0 Å². The second kappa shape index (κ2) is 9.46. The predicted octanol–water partition coefficient (Wildman–Crippen LogP) is 2.67. The third-order valence-electron chi connectivity index (χ3n) is 5.45. The van der Waals surface area contributed by atoms with Crippen molar-refractivity contribution < 1.29 is 9.59 Å². The van der Waals surface area contributed by atoms with Gasteiger partial charge in [0.15, 0.2) is 0 Å². The molecule has 1 aromatic carbocycles. The third kappa shape index (κ3) is 5.39. The molecule has 1 saturated heterocycles. The lowest BCUT2D eigenvalue weighted by molar-refractivity contribution is -0.136. The average Bonchev–Trinajstić information content (AvgIpc) is 2.71. The fourth-order valence-corrected chi connectivity index (χ4v) is 3.48. The molecule has 1 aliphatic rings. The van der Waals surface area contributed by atoms with Gasteiger partial charge < -0.3 is 10.6 Å². The van der Waals surface area contributed by atoms with Crippen LogP contribution in [-0.2, 0) is 16.1 Å². The molecule has 0 unspecified atom stereocenters. The Kier molecular flexibility index (Phi) is 6.76. The monoisotopic (exact) mass is 380 g/mol. The number of rotatable bonds is 5. The van der Waals surface area contributed by atoms with E-state index in [2.05, 4.69) is 26.6 Å². The smallest absolute Gasteiger partial charge is 0.313 e. The Balaban J connectivity index is 1.40. The van der Waals surface area contributed by atoms with Gasteiger partial charge in [-0.15, -0.1) is 0 Å². The van der Waals surface area contributed by atoms with Crippen LogP contribution in [0.3, 0.4) is 0 Å². The largest absolute Gasteiger partial charge is 0.348 e. The number of benzene rings is 1. The summed E-state index contributed by atoms with van der Waals surface area (Å²) >= 11 is 0. The lowest BCUT2D eigenvalue weighted by Gasteiger charge is -2.31. The van der Waals surface area contributed by atoms with E-state index in [1.165, 1.54) is 5.56 Å². The Morgan fingerprint density at radius 2 is 1.89 bits per heavy atom. The van der Waals surface area contributed by atoms with Gasteiger partial charge in [-0.1, -0.05) is 18.2 Å². The van der Waals surface area contributed by atoms with E-state index < -0.39 is 11.8 Å². The summed E-state index contributed by atoms with van der Waals surface area (Å²) in [7, 11) is 0. The molecule has 2 amide bonds. The van der Waals surface area contributed by atoms with Crippen molar-refractivity contribution in [2.75, 3.05) is 25.0 Å². The summed E-state index contributed by atoms with van der Waals surface area (Å²) in [5.41, 5.74) is 3.96. The van der Waals surface area contributed by atoms with Gasteiger partial charge in [0.25, 0.3) is 0 Å². The molecule has 1 aromatic heterocycles. The summed E-state index contributed by atoms with van der Waals surface area (Å²) < 4.78 is 0. The number of anilines is 1. The third-order valence-corrected chi connectivity index (χ3v) is 5.45. The second-order valence-corrected chi connectivity index (χ2v) is 7.49. The van der Waals surface area contributed by atoms with Crippen molar-refractivity contribution >= 4 is 17.5 Å². The first-order valence-electron chi connectivity index (χ1n) is 9.79. The highest BCUT2D eigenvalue weighted by Gasteiger charge is 2.21. The van der Waals surface area contributed by atoms with Crippen molar-refractivity contribution in [3.05, 3.63) is 59.4 Å². The molecule has 0 radical (unpaired) electrons. The molecule has 3 rings (SSSR count). The first kappa shape index (κ1) is 20.0. The lowest BCUT2D eigenvalue weighted by atomic mass is 9.96.